The molecule has 10 heteroatoms. The molecule has 6 heterocycles. The lowest BCUT2D eigenvalue weighted by Crippen LogP contribution is -2.46. The predicted molar refractivity (Wildman–Crippen MR) is 127 cm³/mol. The van der Waals surface area contributed by atoms with Gasteiger partial charge in [0.15, 0.2) is 17.3 Å². The number of pyridine rings is 1. The molecule has 6 rings (SSSR count). The van der Waals surface area contributed by atoms with Crippen LogP contribution >= 0.6 is 0 Å². The predicted octanol–water partition coefficient (Wildman–Crippen LogP) is 2.11. The number of hydrogen-bond acceptors (Lipinski definition) is 8. The van der Waals surface area contributed by atoms with Crippen LogP contribution in [0.4, 0.5) is 17.3 Å². The van der Waals surface area contributed by atoms with Gasteiger partial charge in [-0.15, -0.1) is 5.10 Å². The van der Waals surface area contributed by atoms with Gasteiger partial charge >= 0.3 is 0 Å². The number of morpholine rings is 1. The summed E-state index contributed by atoms with van der Waals surface area (Å²) in [5, 5.41) is 10.2. The molecule has 3 aliphatic heterocycles. The average Bonchev–Trinajstić information content (AvgIpc) is 3.47. The summed E-state index contributed by atoms with van der Waals surface area (Å²) in [5.41, 5.74) is 8.45. The van der Waals surface area contributed by atoms with Gasteiger partial charge in [-0.1, -0.05) is 0 Å². The summed E-state index contributed by atoms with van der Waals surface area (Å²) in [6.07, 6.45) is 6.65. The zero-order chi connectivity index (χ0) is 22.7. The molecule has 3 saturated heterocycles. The highest BCUT2D eigenvalue weighted by Crippen LogP contribution is 2.45. The zero-order valence-corrected chi connectivity index (χ0v) is 19.5. The minimum absolute atomic E-state index is 0.246. The van der Waals surface area contributed by atoms with Crippen molar-refractivity contribution in [3.63, 3.8) is 0 Å². The van der Waals surface area contributed by atoms with Gasteiger partial charge in [0.1, 0.15) is 5.82 Å². The number of hydrogen-bond donors (Lipinski definition) is 1. The van der Waals surface area contributed by atoms with E-state index in [0.29, 0.717) is 43.0 Å². The van der Waals surface area contributed by atoms with E-state index >= 15 is 0 Å². The first kappa shape index (κ1) is 20.7. The molecule has 2 bridgehead atoms. The molecule has 10 nitrogen and oxygen atoms in total. The number of methoxy groups -OCH3 is 1. The zero-order valence-electron chi connectivity index (χ0n) is 19.5. The second kappa shape index (κ2) is 7.88. The van der Waals surface area contributed by atoms with Gasteiger partial charge in [-0.3, -0.25) is 4.68 Å². The van der Waals surface area contributed by atoms with Crippen molar-refractivity contribution in [3.05, 3.63) is 18.3 Å². The molecule has 176 valence electrons. The molecular formula is C23H32N8O2. The molecule has 2 unspecified atom stereocenters. The Kier molecular flexibility index (Phi) is 4.95. The van der Waals surface area contributed by atoms with Crippen LogP contribution in [-0.4, -0.2) is 75.6 Å². The Hall–Kier alpha value is -2.85. The summed E-state index contributed by atoms with van der Waals surface area (Å²) in [7, 11) is 3.73. The van der Waals surface area contributed by atoms with E-state index in [-0.39, 0.29) is 6.04 Å². The Morgan fingerprint density at radius 2 is 1.94 bits per heavy atom. The van der Waals surface area contributed by atoms with E-state index in [1.165, 1.54) is 12.8 Å². The summed E-state index contributed by atoms with van der Waals surface area (Å²) < 4.78 is 15.0. The van der Waals surface area contributed by atoms with E-state index in [2.05, 4.69) is 27.9 Å². The van der Waals surface area contributed by atoms with Gasteiger partial charge in [-0.25, -0.2) is 4.98 Å². The number of ether oxygens (including phenoxy) is 2. The number of nitrogens with two attached hydrogens (primary N) is 1. The van der Waals surface area contributed by atoms with Crippen LogP contribution in [-0.2, 0) is 16.5 Å². The van der Waals surface area contributed by atoms with Crippen LogP contribution in [0.1, 0.15) is 32.6 Å². The molecule has 0 aromatic carbocycles. The van der Waals surface area contributed by atoms with Gasteiger partial charge in [-0.05, 0) is 32.6 Å². The van der Waals surface area contributed by atoms with E-state index in [0.717, 1.165) is 41.9 Å². The maximum absolute atomic E-state index is 6.56. The molecule has 0 radical (unpaired) electrons. The molecule has 3 aromatic heterocycles. The van der Waals surface area contributed by atoms with Crippen molar-refractivity contribution in [1.82, 2.24) is 24.5 Å². The monoisotopic (exact) mass is 452 g/mol. The van der Waals surface area contributed by atoms with E-state index in [9.17, 15) is 0 Å². The number of anilines is 3. The molecule has 33 heavy (non-hydrogen) atoms. The lowest BCUT2D eigenvalue weighted by molar-refractivity contribution is 0.0684. The minimum Gasteiger partial charge on any atom is -0.382 e. The van der Waals surface area contributed by atoms with Crippen molar-refractivity contribution in [2.24, 2.45) is 7.05 Å². The highest BCUT2D eigenvalue weighted by Gasteiger charge is 2.42. The summed E-state index contributed by atoms with van der Waals surface area (Å²) in [6, 6.07) is 5.28. The topological polar surface area (TPSA) is 99.5 Å². The average molecular weight is 453 g/mol. The van der Waals surface area contributed by atoms with E-state index in [1.807, 2.05) is 26.4 Å². The van der Waals surface area contributed by atoms with Gasteiger partial charge in [0, 0.05) is 51.1 Å². The third-order valence-electron chi connectivity index (χ3n) is 7.51. The molecular weight excluding hydrogens is 420 g/mol. The van der Waals surface area contributed by atoms with E-state index in [4.69, 9.17) is 25.3 Å². The number of aryl methyl sites for hydroxylation is 1. The lowest BCUT2D eigenvalue weighted by Gasteiger charge is -2.41. The van der Waals surface area contributed by atoms with Gasteiger partial charge in [0.25, 0.3) is 0 Å². The van der Waals surface area contributed by atoms with Crippen LogP contribution in [0, 0.1) is 0 Å². The summed E-state index contributed by atoms with van der Waals surface area (Å²) in [6.45, 7) is 4.39. The van der Waals surface area contributed by atoms with E-state index < -0.39 is 0 Å². The lowest BCUT2D eigenvalue weighted by atomic mass is 9.98. The number of nitrogen functional groups attached to an aromatic ring is 1. The molecule has 2 N–H and O–H groups in total. The molecule has 3 atom stereocenters. The Morgan fingerprint density at radius 1 is 1.15 bits per heavy atom. The Bertz CT molecular complexity index is 1160. The molecule has 0 spiro atoms. The van der Waals surface area contributed by atoms with Crippen molar-refractivity contribution in [1.29, 1.82) is 0 Å². The molecule has 3 aromatic rings. The maximum atomic E-state index is 6.56. The standard InChI is InChI=1S/C23H32N8O2/c1-14-13-33-9-8-29(14)20-12-18(30-15-4-5-16(30)11-17(10-15)32-3)21-22(24)27-31(23(21)25-20)19-6-7-28(2)26-19/h6-7,12,14-17H,4-5,8-11,13H2,1-3H3,(H2,24,27)/t14-,15?,16?,17?/m1/s1. The van der Waals surface area contributed by atoms with E-state index in [1.54, 1.807) is 9.36 Å². The fourth-order valence-corrected chi connectivity index (χ4v) is 5.92. The van der Waals surface area contributed by atoms with Crippen LogP contribution in [0.3, 0.4) is 0 Å². The van der Waals surface area contributed by atoms with Crippen molar-refractivity contribution in [3.8, 4) is 5.82 Å². The van der Waals surface area contributed by atoms with Gasteiger partial charge < -0.3 is 25.0 Å². The number of fused-ring (bicyclic) bond motifs is 3. The van der Waals surface area contributed by atoms with Crippen LogP contribution in [0.15, 0.2) is 18.3 Å². The summed E-state index contributed by atoms with van der Waals surface area (Å²) in [4.78, 5) is 10.0. The second-order valence-corrected chi connectivity index (χ2v) is 9.58. The van der Waals surface area contributed by atoms with Crippen LogP contribution < -0.4 is 15.5 Å². The van der Waals surface area contributed by atoms with Gasteiger partial charge in [-0.2, -0.15) is 9.78 Å². The van der Waals surface area contributed by atoms with Crippen LogP contribution in [0.25, 0.3) is 16.9 Å². The van der Waals surface area contributed by atoms with Crippen LogP contribution in [0.5, 0.6) is 0 Å². The molecule has 0 saturated carbocycles. The Morgan fingerprint density at radius 3 is 2.61 bits per heavy atom. The highest BCUT2D eigenvalue weighted by atomic mass is 16.5. The minimum atomic E-state index is 0.246. The first-order chi connectivity index (χ1) is 16.0. The fourth-order valence-electron chi connectivity index (χ4n) is 5.92. The molecule has 3 fully saturated rings. The molecule has 3 aliphatic rings. The molecule has 0 amide bonds. The van der Waals surface area contributed by atoms with Gasteiger partial charge in [0.2, 0.25) is 0 Å². The highest BCUT2D eigenvalue weighted by molar-refractivity contribution is 6.00. The number of piperidine rings is 1. The first-order valence-corrected chi connectivity index (χ1v) is 11.9. The normalized spacial score (nSPS) is 27.6. The van der Waals surface area contributed by atoms with Crippen molar-refractivity contribution in [2.45, 2.75) is 56.8 Å². The largest absolute Gasteiger partial charge is 0.382 e. The quantitative estimate of drug-likeness (QED) is 0.643. The Labute approximate surface area is 193 Å². The number of nitrogens with zero attached hydrogens (tertiary/aromatic N) is 7. The maximum Gasteiger partial charge on any atom is 0.177 e. The summed E-state index contributed by atoms with van der Waals surface area (Å²) in [5.74, 6) is 2.15. The van der Waals surface area contributed by atoms with Crippen molar-refractivity contribution in [2.75, 3.05) is 42.4 Å². The third-order valence-corrected chi connectivity index (χ3v) is 7.51. The Balaban J connectivity index is 1.54. The SMILES string of the molecule is COC1CC2CCC(C1)N2c1cc(N2CCOC[C@H]2C)nc2c1c(N)nn2-c1ccn(C)n1. The van der Waals surface area contributed by atoms with Gasteiger partial charge in [0.05, 0.1) is 36.4 Å². The second-order valence-electron chi connectivity index (χ2n) is 9.58. The summed E-state index contributed by atoms with van der Waals surface area (Å²) >= 11 is 0. The first-order valence-electron chi connectivity index (χ1n) is 11.9. The third kappa shape index (κ3) is 3.34. The fraction of sp³-hybridized carbons (Fsp3) is 0.609. The number of aromatic nitrogens is 5. The number of rotatable bonds is 4. The smallest absolute Gasteiger partial charge is 0.177 e. The van der Waals surface area contributed by atoms with Crippen molar-refractivity contribution >= 4 is 28.4 Å². The van der Waals surface area contributed by atoms with Crippen LogP contribution in [0.2, 0.25) is 0 Å². The molecule has 0 aliphatic carbocycles. The van der Waals surface area contributed by atoms with Crippen molar-refractivity contribution < 1.29 is 9.47 Å².